The maximum absolute atomic E-state index is 11.7. The second-order valence-electron chi connectivity index (χ2n) is 5.49. The lowest BCUT2D eigenvalue weighted by Crippen LogP contribution is -2.21. The normalized spacial score (nSPS) is 10.1. The van der Waals surface area contributed by atoms with Crippen LogP contribution in [0.1, 0.15) is 17.5 Å². The Kier molecular flexibility index (Phi) is 6.37. The average Bonchev–Trinajstić information content (AvgIpc) is 2.53. The van der Waals surface area contributed by atoms with Gasteiger partial charge in [0.05, 0.1) is 13.0 Å². The van der Waals surface area contributed by atoms with Gasteiger partial charge in [-0.25, -0.2) is 0 Å². The van der Waals surface area contributed by atoms with E-state index in [4.69, 9.17) is 9.47 Å². The number of amides is 1. The first kappa shape index (κ1) is 17.5. The van der Waals surface area contributed by atoms with Crippen LogP contribution in [0.4, 0.5) is 5.69 Å². The fourth-order valence-electron chi connectivity index (χ4n) is 2.10. The van der Waals surface area contributed by atoms with Gasteiger partial charge in [-0.2, -0.15) is 0 Å². The van der Waals surface area contributed by atoms with E-state index in [9.17, 15) is 9.59 Å². The van der Waals surface area contributed by atoms with Crippen molar-refractivity contribution in [1.29, 1.82) is 0 Å². The third kappa shape index (κ3) is 6.12. The van der Waals surface area contributed by atoms with Crippen molar-refractivity contribution in [1.82, 2.24) is 0 Å². The molecular formula is C19H21NO4. The number of hydrogen-bond acceptors (Lipinski definition) is 4. The van der Waals surface area contributed by atoms with E-state index in [0.29, 0.717) is 11.4 Å². The van der Waals surface area contributed by atoms with E-state index in [-0.39, 0.29) is 25.5 Å². The van der Waals surface area contributed by atoms with Gasteiger partial charge in [-0.1, -0.05) is 24.3 Å². The average molecular weight is 327 g/mol. The Bertz CT molecular complexity index is 712. The first-order valence-corrected chi connectivity index (χ1v) is 7.74. The van der Waals surface area contributed by atoms with E-state index in [2.05, 4.69) is 5.32 Å². The molecule has 5 nitrogen and oxygen atoms in total. The SMILES string of the molecule is Cc1cccc(NC(=O)COC(=O)CCOc2cccc(C)c2)c1. The number of anilines is 1. The lowest BCUT2D eigenvalue weighted by molar-refractivity contribution is -0.147. The van der Waals surface area contributed by atoms with Crippen LogP contribution in [-0.2, 0) is 14.3 Å². The minimum absolute atomic E-state index is 0.0890. The first-order valence-electron chi connectivity index (χ1n) is 7.74. The summed E-state index contributed by atoms with van der Waals surface area (Å²) in [5.41, 5.74) is 2.81. The number of carbonyl (C=O) groups is 2. The second-order valence-corrected chi connectivity index (χ2v) is 5.49. The van der Waals surface area contributed by atoms with Crippen LogP contribution in [0.25, 0.3) is 0 Å². The number of benzene rings is 2. The number of aryl methyl sites for hydroxylation is 2. The van der Waals surface area contributed by atoms with Crippen LogP contribution in [0.15, 0.2) is 48.5 Å². The third-order valence-corrected chi connectivity index (χ3v) is 3.23. The predicted octanol–water partition coefficient (Wildman–Crippen LogP) is 3.25. The van der Waals surface area contributed by atoms with Gasteiger partial charge in [-0.3, -0.25) is 9.59 Å². The molecule has 5 heteroatoms. The summed E-state index contributed by atoms with van der Waals surface area (Å²) < 4.78 is 10.4. The molecule has 0 radical (unpaired) electrons. The molecule has 0 aliphatic carbocycles. The van der Waals surface area contributed by atoms with Crippen molar-refractivity contribution < 1.29 is 19.1 Å². The van der Waals surface area contributed by atoms with Gasteiger partial charge in [0.2, 0.25) is 0 Å². The summed E-state index contributed by atoms with van der Waals surface area (Å²) in [7, 11) is 0. The molecule has 1 N–H and O–H groups in total. The molecule has 0 heterocycles. The molecule has 0 bridgehead atoms. The Hall–Kier alpha value is -2.82. The molecule has 126 valence electrons. The smallest absolute Gasteiger partial charge is 0.309 e. The van der Waals surface area contributed by atoms with E-state index in [0.717, 1.165) is 11.1 Å². The van der Waals surface area contributed by atoms with E-state index in [1.165, 1.54) is 0 Å². The molecule has 0 aromatic heterocycles. The highest BCUT2D eigenvalue weighted by atomic mass is 16.5. The van der Waals surface area contributed by atoms with Crippen LogP contribution in [0, 0.1) is 13.8 Å². The monoisotopic (exact) mass is 327 g/mol. The molecule has 0 atom stereocenters. The summed E-state index contributed by atoms with van der Waals surface area (Å²) in [6.45, 7) is 3.80. The molecule has 0 unspecified atom stereocenters. The summed E-state index contributed by atoms with van der Waals surface area (Å²) in [5, 5.41) is 2.68. The van der Waals surface area contributed by atoms with Crippen molar-refractivity contribution in [2.45, 2.75) is 20.3 Å². The number of esters is 1. The van der Waals surface area contributed by atoms with E-state index >= 15 is 0 Å². The Morgan fingerprint density at radius 3 is 2.42 bits per heavy atom. The zero-order valence-corrected chi connectivity index (χ0v) is 13.9. The van der Waals surface area contributed by atoms with Crippen LogP contribution in [0.2, 0.25) is 0 Å². The topological polar surface area (TPSA) is 64.6 Å². The molecule has 0 saturated heterocycles. The van der Waals surface area contributed by atoms with E-state index in [1.807, 2.05) is 56.3 Å². The quantitative estimate of drug-likeness (QED) is 0.793. The first-order chi connectivity index (χ1) is 11.5. The second kappa shape index (κ2) is 8.72. The fourth-order valence-corrected chi connectivity index (χ4v) is 2.10. The zero-order chi connectivity index (χ0) is 17.4. The standard InChI is InChI=1S/C19H21NO4/c1-14-5-3-7-16(11-14)20-18(21)13-24-19(22)9-10-23-17-8-4-6-15(2)12-17/h3-8,11-12H,9-10,13H2,1-2H3,(H,20,21). The van der Waals surface area contributed by atoms with Crippen molar-refractivity contribution in [3.05, 3.63) is 59.7 Å². The molecule has 1 amide bonds. The fraction of sp³-hybridized carbons (Fsp3) is 0.263. The summed E-state index contributed by atoms with van der Waals surface area (Å²) in [6.07, 6.45) is 0.0890. The largest absolute Gasteiger partial charge is 0.493 e. The van der Waals surface area contributed by atoms with Gasteiger partial charge < -0.3 is 14.8 Å². The summed E-state index contributed by atoms with van der Waals surface area (Å²) in [5.74, 6) is -0.129. The maximum atomic E-state index is 11.7. The maximum Gasteiger partial charge on any atom is 0.309 e. The number of ether oxygens (including phenoxy) is 2. The van der Waals surface area contributed by atoms with Crippen molar-refractivity contribution in [2.24, 2.45) is 0 Å². The highest BCUT2D eigenvalue weighted by Gasteiger charge is 2.08. The number of carbonyl (C=O) groups excluding carboxylic acids is 2. The molecular weight excluding hydrogens is 306 g/mol. The minimum atomic E-state index is -0.470. The molecule has 2 rings (SSSR count). The van der Waals surface area contributed by atoms with Crippen LogP contribution < -0.4 is 10.1 Å². The van der Waals surface area contributed by atoms with Crippen LogP contribution in [0.3, 0.4) is 0 Å². The molecule has 0 aliphatic rings. The van der Waals surface area contributed by atoms with Gasteiger partial charge >= 0.3 is 5.97 Å². The molecule has 24 heavy (non-hydrogen) atoms. The van der Waals surface area contributed by atoms with Crippen LogP contribution in [0.5, 0.6) is 5.75 Å². The lowest BCUT2D eigenvalue weighted by atomic mass is 10.2. The Morgan fingerprint density at radius 1 is 1.00 bits per heavy atom. The highest BCUT2D eigenvalue weighted by Crippen LogP contribution is 2.12. The molecule has 0 fully saturated rings. The number of nitrogens with one attached hydrogen (secondary N) is 1. The predicted molar refractivity (Wildman–Crippen MR) is 92.1 cm³/mol. The van der Waals surface area contributed by atoms with E-state index < -0.39 is 5.97 Å². The van der Waals surface area contributed by atoms with Gasteiger partial charge in [-0.15, -0.1) is 0 Å². The molecule has 2 aromatic rings. The lowest BCUT2D eigenvalue weighted by Gasteiger charge is -2.08. The van der Waals surface area contributed by atoms with Crippen molar-refractivity contribution in [2.75, 3.05) is 18.5 Å². The van der Waals surface area contributed by atoms with Crippen molar-refractivity contribution >= 4 is 17.6 Å². The van der Waals surface area contributed by atoms with Gasteiger partial charge in [0.15, 0.2) is 6.61 Å². The summed E-state index contributed by atoms with van der Waals surface area (Å²) >= 11 is 0. The van der Waals surface area contributed by atoms with Gasteiger partial charge in [0.1, 0.15) is 5.75 Å². The van der Waals surface area contributed by atoms with Gasteiger partial charge in [0.25, 0.3) is 5.91 Å². The molecule has 0 saturated carbocycles. The number of hydrogen-bond donors (Lipinski definition) is 1. The van der Waals surface area contributed by atoms with Crippen LogP contribution >= 0.6 is 0 Å². The van der Waals surface area contributed by atoms with E-state index in [1.54, 1.807) is 6.07 Å². The zero-order valence-electron chi connectivity index (χ0n) is 13.9. The minimum Gasteiger partial charge on any atom is -0.493 e. The van der Waals surface area contributed by atoms with Crippen molar-refractivity contribution in [3.8, 4) is 5.75 Å². The Morgan fingerprint density at radius 2 is 1.71 bits per heavy atom. The summed E-state index contributed by atoms with van der Waals surface area (Å²) in [4.78, 5) is 23.4. The molecule has 0 spiro atoms. The molecule has 2 aromatic carbocycles. The van der Waals surface area contributed by atoms with Crippen LogP contribution in [-0.4, -0.2) is 25.1 Å². The van der Waals surface area contributed by atoms with Crippen molar-refractivity contribution in [3.63, 3.8) is 0 Å². The Labute approximate surface area is 141 Å². The Balaban J connectivity index is 1.66. The number of rotatable bonds is 7. The highest BCUT2D eigenvalue weighted by molar-refractivity contribution is 5.92. The van der Waals surface area contributed by atoms with Gasteiger partial charge in [-0.05, 0) is 49.2 Å². The summed E-state index contributed by atoms with van der Waals surface area (Å²) in [6, 6.07) is 15.0. The third-order valence-electron chi connectivity index (χ3n) is 3.23. The molecule has 0 aliphatic heterocycles. The van der Waals surface area contributed by atoms with Gasteiger partial charge in [0, 0.05) is 5.69 Å².